The first-order valence-corrected chi connectivity index (χ1v) is 8.29. The van der Waals surface area contributed by atoms with Crippen molar-refractivity contribution in [2.24, 2.45) is 0 Å². The van der Waals surface area contributed by atoms with Crippen molar-refractivity contribution >= 4 is 28.6 Å². The van der Waals surface area contributed by atoms with E-state index < -0.39 is 0 Å². The van der Waals surface area contributed by atoms with Gasteiger partial charge < -0.3 is 15.5 Å². The van der Waals surface area contributed by atoms with E-state index in [4.69, 9.17) is 5.73 Å². The molecule has 2 aromatic rings. The van der Waals surface area contributed by atoms with E-state index >= 15 is 0 Å². The van der Waals surface area contributed by atoms with E-state index in [0.717, 1.165) is 49.8 Å². The lowest BCUT2D eigenvalue weighted by Crippen LogP contribution is -2.49. The number of likely N-dealkylation sites (tertiary alicyclic amines) is 1. The molecule has 1 atom stereocenters. The van der Waals surface area contributed by atoms with Gasteiger partial charge in [0.1, 0.15) is 5.82 Å². The maximum absolute atomic E-state index is 12.0. The van der Waals surface area contributed by atoms with Crippen LogP contribution >= 0.6 is 0 Å². The molecule has 0 saturated carbocycles. The highest BCUT2D eigenvalue weighted by atomic mass is 16.2. The second kappa shape index (κ2) is 5.68. The van der Waals surface area contributed by atoms with Crippen molar-refractivity contribution in [3.63, 3.8) is 0 Å². The van der Waals surface area contributed by atoms with Crippen LogP contribution in [0.25, 0.3) is 10.9 Å². The van der Waals surface area contributed by atoms with Gasteiger partial charge in [0.05, 0.1) is 5.52 Å². The van der Waals surface area contributed by atoms with Crippen molar-refractivity contribution in [2.45, 2.75) is 31.7 Å². The van der Waals surface area contributed by atoms with Crippen LogP contribution < -0.4 is 10.6 Å². The van der Waals surface area contributed by atoms with Gasteiger partial charge in [-0.25, -0.2) is 4.98 Å². The molecule has 0 spiro atoms. The van der Waals surface area contributed by atoms with E-state index in [1.165, 1.54) is 0 Å². The lowest BCUT2D eigenvalue weighted by atomic mass is 10.0. The molecule has 2 fully saturated rings. The molecule has 0 radical (unpaired) electrons. The molecule has 0 bridgehead atoms. The summed E-state index contributed by atoms with van der Waals surface area (Å²) in [6.07, 6.45) is 3.78. The normalized spacial score (nSPS) is 22.1. The first-order valence-electron chi connectivity index (χ1n) is 8.29. The highest BCUT2D eigenvalue weighted by Crippen LogP contribution is 2.26. The lowest BCUT2D eigenvalue weighted by Gasteiger charge is -2.37. The summed E-state index contributed by atoms with van der Waals surface area (Å²) in [5, 5.41) is 0.888. The highest BCUT2D eigenvalue weighted by molar-refractivity contribution is 5.88. The number of benzene rings is 1. The van der Waals surface area contributed by atoms with Gasteiger partial charge in [0.2, 0.25) is 11.9 Å². The monoisotopic (exact) mass is 311 g/mol. The van der Waals surface area contributed by atoms with E-state index in [0.29, 0.717) is 18.2 Å². The molecule has 4 rings (SSSR count). The number of nitrogen functional groups attached to an aromatic ring is 1. The second-order valence-electron chi connectivity index (χ2n) is 6.36. The van der Waals surface area contributed by atoms with Crippen LogP contribution in [-0.2, 0) is 4.79 Å². The van der Waals surface area contributed by atoms with E-state index in [1.807, 2.05) is 29.2 Å². The van der Waals surface area contributed by atoms with Crippen LogP contribution in [0.3, 0.4) is 0 Å². The number of amides is 1. The Morgan fingerprint density at radius 3 is 2.83 bits per heavy atom. The summed E-state index contributed by atoms with van der Waals surface area (Å²) in [6.45, 7) is 2.60. The van der Waals surface area contributed by atoms with Gasteiger partial charge in [-0.15, -0.1) is 0 Å². The Morgan fingerprint density at radius 2 is 2.00 bits per heavy atom. The summed E-state index contributed by atoms with van der Waals surface area (Å²) < 4.78 is 0. The quantitative estimate of drug-likeness (QED) is 0.915. The first-order chi connectivity index (χ1) is 11.2. The van der Waals surface area contributed by atoms with Gasteiger partial charge >= 0.3 is 0 Å². The van der Waals surface area contributed by atoms with E-state index in [9.17, 15) is 4.79 Å². The van der Waals surface area contributed by atoms with Crippen LogP contribution in [0, 0.1) is 0 Å². The number of hydrogen-bond acceptors (Lipinski definition) is 5. The molecule has 120 valence electrons. The predicted octanol–water partition coefficient (Wildman–Crippen LogP) is 1.80. The Morgan fingerprint density at radius 1 is 1.13 bits per heavy atom. The van der Waals surface area contributed by atoms with Gasteiger partial charge in [-0.2, -0.15) is 4.98 Å². The SMILES string of the molecule is Nc1nc(N2CCC[C@H](N3CCCC3=O)C2)nc2ccccc12. The first kappa shape index (κ1) is 14.2. The molecule has 0 aliphatic carbocycles. The lowest BCUT2D eigenvalue weighted by molar-refractivity contribution is -0.129. The summed E-state index contributed by atoms with van der Waals surface area (Å²) in [7, 11) is 0. The minimum atomic E-state index is 0.273. The average molecular weight is 311 g/mol. The largest absolute Gasteiger partial charge is 0.383 e. The number of anilines is 2. The molecule has 2 saturated heterocycles. The summed E-state index contributed by atoms with van der Waals surface area (Å²) in [4.78, 5) is 25.4. The van der Waals surface area contributed by atoms with Crippen molar-refractivity contribution in [3.8, 4) is 0 Å². The number of nitrogens with zero attached hydrogens (tertiary/aromatic N) is 4. The van der Waals surface area contributed by atoms with Crippen molar-refractivity contribution in [1.29, 1.82) is 0 Å². The fourth-order valence-corrected chi connectivity index (χ4v) is 3.68. The zero-order chi connectivity index (χ0) is 15.8. The van der Waals surface area contributed by atoms with Crippen LogP contribution in [0.2, 0.25) is 0 Å². The van der Waals surface area contributed by atoms with Gasteiger partial charge in [-0.05, 0) is 31.4 Å². The van der Waals surface area contributed by atoms with Crippen molar-refractivity contribution in [2.75, 3.05) is 30.3 Å². The Labute approximate surface area is 135 Å². The third-order valence-electron chi connectivity index (χ3n) is 4.85. The van der Waals surface area contributed by atoms with E-state index in [-0.39, 0.29) is 11.9 Å². The number of fused-ring (bicyclic) bond motifs is 1. The third kappa shape index (κ3) is 2.58. The Hall–Kier alpha value is -2.37. The van der Waals surface area contributed by atoms with Crippen LogP contribution in [0.15, 0.2) is 24.3 Å². The zero-order valence-electron chi connectivity index (χ0n) is 13.1. The Bertz CT molecular complexity index is 747. The molecule has 2 N–H and O–H groups in total. The molecule has 23 heavy (non-hydrogen) atoms. The number of hydrogen-bond donors (Lipinski definition) is 1. The predicted molar refractivity (Wildman–Crippen MR) is 90.1 cm³/mol. The number of carbonyl (C=O) groups excluding carboxylic acids is 1. The van der Waals surface area contributed by atoms with Gasteiger partial charge in [0, 0.05) is 37.5 Å². The Kier molecular flexibility index (Phi) is 3.52. The van der Waals surface area contributed by atoms with Crippen LogP contribution in [0.5, 0.6) is 0 Å². The Balaban J connectivity index is 1.61. The standard InChI is InChI=1S/C17H21N5O/c18-16-13-6-1-2-7-14(13)19-17(20-16)21-9-3-5-12(11-21)22-10-4-8-15(22)23/h1-2,6-7,12H,3-5,8-11H2,(H2,18,19,20)/t12-/m0/s1. The number of carbonyl (C=O) groups is 1. The summed E-state index contributed by atoms with van der Waals surface area (Å²) in [5.74, 6) is 1.48. The summed E-state index contributed by atoms with van der Waals surface area (Å²) in [6, 6.07) is 8.08. The van der Waals surface area contributed by atoms with Gasteiger partial charge in [-0.3, -0.25) is 4.79 Å². The number of para-hydroxylation sites is 1. The van der Waals surface area contributed by atoms with Crippen molar-refractivity contribution < 1.29 is 4.79 Å². The molecule has 1 amide bonds. The molecule has 6 nitrogen and oxygen atoms in total. The topological polar surface area (TPSA) is 75.3 Å². The fraction of sp³-hybridized carbons (Fsp3) is 0.471. The van der Waals surface area contributed by atoms with Crippen LogP contribution in [0.1, 0.15) is 25.7 Å². The number of rotatable bonds is 2. The molecule has 1 aromatic heterocycles. The zero-order valence-corrected chi connectivity index (χ0v) is 13.1. The molecule has 2 aliphatic rings. The van der Waals surface area contributed by atoms with Gasteiger partial charge in [0.25, 0.3) is 0 Å². The summed E-state index contributed by atoms with van der Waals surface area (Å²) in [5.41, 5.74) is 6.97. The maximum atomic E-state index is 12.0. The summed E-state index contributed by atoms with van der Waals surface area (Å²) >= 11 is 0. The minimum absolute atomic E-state index is 0.273. The maximum Gasteiger partial charge on any atom is 0.227 e. The van der Waals surface area contributed by atoms with Crippen LogP contribution in [-0.4, -0.2) is 46.5 Å². The molecule has 0 unspecified atom stereocenters. The average Bonchev–Trinajstić information content (AvgIpc) is 3.01. The molecule has 1 aromatic carbocycles. The van der Waals surface area contributed by atoms with Gasteiger partial charge in [0.15, 0.2) is 0 Å². The second-order valence-corrected chi connectivity index (χ2v) is 6.36. The fourth-order valence-electron chi connectivity index (χ4n) is 3.68. The molecule has 2 aliphatic heterocycles. The minimum Gasteiger partial charge on any atom is -0.383 e. The van der Waals surface area contributed by atoms with Crippen molar-refractivity contribution in [1.82, 2.24) is 14.9 Å². The third-order valence-corrected chi connectivity index (χ3v) is 4.85. The molecule has 3 heterocycles. The van der Waals surface area contributed by atoms with Crippen LogP contribution in [0.4, 0.5) is 11.8 Å². The van der Waals surface area contributed by atoms with Crippen molar-refractivity contribution in [3.05, 3.63) is 24.3 Å². The number of aromatic nitrogens is 2. The molecular weight excluding hydrogens is 290 g/mol. The smallest absolute Gasteiger partial charge is 0.227 e. The highest BCUT2D eigenvalue weighted by Gasteiger charge is 2.32. The van der Waals surface area contributed by atoms with E-state index in [2.05, 4.69) is 14.9 Å². The van der Waals surface area contributed by atoms with Gasteiger partial charge in [-0.1, -0.05) is 12.1 Å². The molecular formula is C17H21N5O. The van der Waals surface area contributed by atoms with E-state index in [1.54, 1.807) is 0 Å². The molecule has 6 heteroatoms. The number of piperidine rings is 1. The number of nitrogens with two attached hydrogens (primary N) is 1.